The van der Waals surface area contributed by atoms with Crippen LogP contribution in [0.1, 0.15) is 48.8 Å². The Kier molecular flexibility index (Phi) is 10.3. The quantitative estimate of drug-likeness (QED) is 0.249. The number of carbonyl (C=O) groups excluding carboxylic acids is 1. The highest BCUT2D eigenvalue weighted by Gasteiger charge is 2.46. The summed E-state index contributed by atoms with van der Waals surface area (Å²) < 4.78 is 90.7. The van der Waals surface area contributed by atoms with E-state index in [1.807, 2.05) is 0 Å². The Bertz CT molecular complexity index is 1220. The highest BCUT2D eigenvalue weighted by Crippen LogP contribution is 2.48. The molecule has 0 spiro atoms. The number of likely N-dealkylation sites (tertiary alicyclic amines) is 1. The zero-order chi connectivity index (χ0) is 29.6. The van der Waals surface area contributed by atoms with E-state index in [4.69, 9.17) is 9.84 Å². The number of halogens is 6. The zero-order valence-corrected chi connectivity index (χ0v) is 23.0. The lowest BCUT2D eigenvalue weighted by atomic mass is 9.94. The Morgan fingerprint density at radius 3 is 2.32 bits per heavy atom. The van der Waals surface area contributed by atoms with Crippen molar-refractivity contribution in [3.8, 4) is 0 Å². The van der Waals surface area contributed by atoms with E-state index in [9.17, 15) is 31.1 Å². The van der Waals surface area contributed by atoms with E-state index >= 15 is 0 Å². The summed E-state index contributed by atoms with van der Waals surface area (Å²) in [6.45, 7) is 1.96. The van der Waals surface area contributed by atoms with E-state index in [0.717, 1.165) is 37.1 Å². The van der Waals surface area contributed by atoms with E-state index in [1.165, 1.54) is 4.90 Å². The first-order valence-electron chi connectivity index (χ1n) is 13.5. The molecule has 0 aromatic heterocycles. The van der Waals surface area contributed by atoms with Crippen molar-refractivity contribution in [1.82, 2.24) is 4.90 Å². The first-order chi connectivity index (χ1) is 19.5. The molecule has 2 N–H and O–H groups in total. The lowest BCUT2D eigenvalue weighted by Gasteiger charge is -2.31. The lowest BCUT2D eigenvalue weighted by molar-refractivity contribution is -0.163. The van der Waals surface area contributed by atoms with Crippen LogP contribution < -0.4 is 5.32 Å². The molecule has 2 saturated heterocycles. The van der Waals surface area contributed by atoms with E-state index in [1.54, 1.807) is 24.3 Å². The van der Waals surface area contributed by atoms with Gasteiger partial charge in [-0.3, -0.25) is 4.79 Å². The molecule has 2 fully saturated rings. The van der Waals surface area contributed by atoms with Crippen molar-refractivity contribution in [3.63, 3.8) is 0 Å². The highest BCUT2D eigenvalue weighted by atomic mass is 32.2. The van der Waals surface area contributed by atoms with Gasteiger partial charge in [-0.05, 0) is 73.9 Å². The van der Waals surface area contributed by atoms with Gasteiger partial charge in [0.25, 0.3) is 0 Å². The molecule has 2 aliphatic rings. The van der Waals surface area contributed by atoms with Gasteiger partial charge in [-0.1, -0.05) is 23.9 Å². The van der Waals surface area contributed by atoms with Crippen LogP contribution in [0, 0.1) is 5.92 Å². The average Bonchev–Trinajstić information content (AvgIpc) is 2.92. The van der Waals surface area contributed by atoms with Gasteiger partial charge in [0, 0.05) is 60.5 Å². The molecule has 4 rings (SSSR count). The van der Waals surface area contributed by atoms with E-state index in [2.05, 4.69) is 5.32 Å². The number of benzene rings is 2. The first kappa shape index (κ1) is 31.2. The van der Waals surface area contributed by atoms with Gasteiger partial charge in [0.2, 0.25) is 5.91 Å². The minimum Gasteiger partial charge on any atom is -0.396 e. The van der Waals surface area contributed by atoms with Gasteiger partial charge < -0.3 is 20.1 Å². The Hall–Kier alpha value is -2.70. The number of alkyl halides is 6. The van der Waals surface area contributed by atoms with Crippen LogP contribution in [0.5, 0.6) is 0 Å². The summed E-state index contributed by atoms with van der Waals surface area (Å²) in [5.41, 5.74) is -3.67. The topological polar surface area (TPSA) is 61.8 Å². The highest BCUT2D eigenvalue weighted by molar-refractivity contribution is 7.99. The summed E-state index contributed by atoms with van der Waals surface area (Å²) in [5.74, 6) is -0.316. The predicted molar refractivity (Wildman–Crippen MR) is 145 cm³/mol. The third-order valence-electron chi connectivity index (χ3n) is 7.29. The molecule has 2 aromatic rings. The lowest BCUT2D eigenvalue weighted by Crippen LogP contribution is -2.37. The van der Waals surface area contributed by atoms with Crippen molar-refractivity contribution in [1.29, 1.82) is 0 Å². The minimum atomic E-state index is -5.32. The third kappa shape index (κ3) is 8.42. The number of amides is 1. The molecule has 1 amide bonds. The predicted octanol–water partition coefficient (Wildman–Crippen LogP) is 7.10. The second kappa shape index (κ2) is 13.5. The molecule has 224 valence electrons. The van der Waals surface area contributed by atoms with Crippen LogP contribution >= 0.6 is 11.8 Å². The van der Waals surface area contributed by atoms with Crippen molar-refractivity contribution in [3.05, 3.63) is 59.2 Å². The fourth-order valence-electron chi connectivity index (χ4n) is 5.16. The van der Waals surface area contributed by atoms with Crippen molar-refractivity contribution in [2.75, 3.05) is 38.2 Å². The van der Waals surface area contributed by atoms with Gasteiger partial charge in [-0.25, -0.2) is 0 Å². The summed E-state index contributed by atoms with van der Waals surface area (Å²) in [7, 11) is 0. The maximum Gasteiger partial charge on any atom is 0.418 e. The fourth-order valence-corrected chi connectivity index (χ4v) is 6.20. The molecule has 2 aliphatic heterocycles. The van der Waals surface area contributed by atoms with Gasteiger partial charge in [-0.2, -0.15) is 26.3 Å². The molecule has 0 bridgehead atoms. The Labute approximate surface area is 238 Å². The van der Waals surface area contributed by atoms with Gasteiger partial charge in [0.05, 0.1) is 11.1 Å². The molecule has 0 radical (unpaired) electrons. The summed E-state index contributed by atoms with van der Waals surface area (Å²) in [6.07, 6.45) is -5.48. The molecule has 2 heterocycles. The van der Waals surface area contributed by atoms with Crippen LogP contribution in [0.3, 0.4) is 0 Å². The second-order valence-corrected chi connectivity index (χ2v) is 11.3. The molecule has 41 heavy (non-hydrogen) atoms. The summed E-state index contributed by atoms with van der Waals surface area (Å²) in [4.78, 5) is 13.9. The monoisotopic (exact) mass is 602 g/mol. The van der Waals surface area contributed by atoms with Crippen molar-refractivity contribution in [2.24, 2.45) is 5.92 Å². The third-order valence-corrected chi connectivity index (χ3v) is 8.34. The van der Waals surface area contributed by atoms with Crippen molar-refractivity contribution >= 4 is 29.4 Å². The summed E-state index contributed by atoms with van der Waals surface area (Å²) >= 11 is 0.606. The molecule has 0 atom stereocenters. The number of carbonyl (C=O) groups is 1. The van der Waals surface area contributed by atoms with Crippen molar-refractivity contribution < 1.29 is 41.0 Å². The van der Waals surface area contributed by atoms with E-state index < -0.39 is 39.8 Å². The minimum absolute atomic E-state index is 0.0349. The van der Waals surface area contributed by atoms with Gasteiger partial charge >= 0.3 is 12.4 Å². The van der Waals surface area contributed by atoms with Gasteiger partial charge in [-0.15, -0.1) is 0 Å². The van der Waals surface area contributed by atoms with Crippen LogP contribution in [-0.2, 0) is 21.9 Å². The number of ether oxygens (including phenoxy) is 1. The number of aliphatic hydroxyl groups is 1. The Balaban J connectivity index is 1.60. The number of nitrogens with zero attached hydrogens (tertiary/aromatic N) is 1. The van der Waals surface area contributed by atoms with Crippen LogP contribution in [0.4, 0.5) is 32.0 Å². The number of piperidine rings is 1. The summed E-state index contributed by atoms with van der Waals surface area (Å²) in [5, 5.41) is 12.4. The SMILES string of the molecule is O=C(C=Cc1ccc(Sc2cccc(NC3CCOCC3)c2)c(C(F)(F)F)c1C(F)(F)F)N1CCC(CCO)CC1. The average molecular weight is 603 g/mol. The first-order valence-corrected chi connectivity index (χ1v) is 14.3. The van der Waals surface area contributed by atoms with E-state index in [-0.39, 0.29) is 18.6 Å². The molecular formula is C29H32F6N2O3S. The van der Waals surface area contributed by atoms with Crippen LogP contribution in [0.2, 0.25) is 0 Å². The molecule has 2 aromatic carbocycles. The molecule has 0 aliphatic carbocycles. The van der Waals surface area contributed by atoms with Crippen LogP contribution in [0.15, 0.2) is 52.3 Å². The normalized spacial score (nSPS) is 17.8. The van der Waals surface area contributed by atoms with E-state index in [0.29, 0.717) is 67.9 Å². The van der Waals surface area contributed by atoms with Crippen LogP contribution in [0.25, 0.3) is 6.08 Å². The van der Waals surface area contributed by atoms with Crippen molar-refractivity contribution in [2.45, 2.75) is 60.3 Å². The van der Waals surface area contributed by atoms with Crippen LogP contribution in [-0.4, -0.2) is 54.9 Å². The maximum absolute atomic E-state index is 14.2. The standard InChI is InChI=1S/C29H32F6N2O3S/c30-28(31,32)26-20(5-7-25(39)37-13-8-19(9-14-37)10-15-38)4-6-24(27(26)29(33,34)35)41-23-3-1-2-22(18-23)36-21-11-16-40-17-12-21/h1-7,18-19,21,36,38H,8-17H2. The Morgan fingerprint density at radius 2 is 1.68 bits per heavy atom. The molecule has 0 saturated carbocycles. The zero-order valence-electron chi connectivity index (χ0n) is 22.2. The number of hydrogen-bond acceptors (Lipinski definition) is 5. The van der Waals surface area contributed by atoms with Gasteiger partial charge in [0.1, 0.15) is 0 Å². The molecule has 0 unspecified atom stereocenters. The Morgan fingerprint density at radius 1 is 1.00 bits per heavy atom. The number of nitrogens with one attached hydrogen (secondary N) is 1. The number of anilines is 1. The summed E-state index contributed by atoms with van der Waals surface area (Å²) in [6, 6.07) is 8.68. The smallest absolute Gasteiger partial charge is 0.396 e. The maximum atomic E-state index is 14.2. The largest absolute Gasteiger partial charge is 0.418 e. The molecular weight excluding hydrogens is 570 g/mol. The van der Waals surface area contributed by atoms with Gasteiger partial charge in [0.15, 0.2) is 0 Å². The number of rotatable bonds is 8. The molecule has 12 heteroatoms. The second-order valence-electron chi connectivity index (χ2n) is 10.2. The number of aliphatic hydroxyl groups excluding tert-OH is 1. The molecule has 5 nitrogen and oxygen atoms in total. The number of hydrogen-bond donors (Lipinski definition) is 2. The fraction of sp³-hybridized carbons (Fsp3) is 0.483.